The molecule has 3 rings (SSSR count). The number of hydrogen-bond acceptors (Lipinski definition) is 3. The van der Waals surface area contributed by atoms with Crippen molar-refractivity contribution in [3.63, 3.8) is 0 Å². The zero-order chi connectivity index (χ0) is 14.0. The molecule has 1 unspecified atom stereocenters. The molecule has 1 N–H and O–H groups in total. The van der Waals surface area contributed by atoms with E-state index in [1.807, 2.05) is 23.9 Å². The third-order valence-electron chi connectivity index (χ3n) is 4.04. The summed E-state index contributed by atoms with van der Waals surface area (Å²) in [5.41, 5.74) is 0.460. The highest BCUT2D eigenvalue weighted by Gasteiger charge is 2.37. The molecule has 0 spiro atoms. The van der Waals surface area contributed by atoms with Crippen molar-refractivity contribution in [1.29, 1.82) is 0 Å². The third-order valence-corrected chi connectivity index (χ3v) is 4.04. The molecule has 4 heteroatoms. The molecular formula is C16H21N3O. The molecule has 106 valence electrons. The Hall–Kier alpha value is -1.65. The first-order chi connectivity index (χ1) is 9.67. The van der Waals surface area contributed by atoms with Crippen molar-refractivity contribution in [3.05, 3.63) is 54.1 Å². The van der Waals surface area contributed by atoms with Gasteiger partial charge in [-0.15, -0.1) is 0 Å². The quantitative estimate of drug-likeness (QED) is 0.927. The molecule has 1 fully saturated rings. The van der Waals surface area contributed by atoms with E-state index in [2.05, 4.69) is 34.1 Å². The first kappa shape index (κ1) is 13.3. The number of hydrogen-bond donors (Lipinski definition) is 1. The molecule has 1 aromatic heterocycles. The standard InChI is InChI=1S/C16H21N3O/c1-18-11-9-17-15(18)16(20)8-5-10-19(13-16)12-14-6-3-2-4-7-14/h2-4,6-7,9,11,20H,5,8,10,12-13H2,1H3. The van der Waals surface area contributed by atoms with E-state index in [4.69, 9.17) is 0 Å². The van der Waals surface area contributed by atoms with Gasteiger partial charge in [-0.2, -0.15) is 0 Å². The largest absolute Gasteiger partial charge is 0.381 e. The Balaban J connectivity index is 1.75. The molecule has 1 atom stereocenters. The van der Waals surface area contributed by atoms with E-state index in [0.717, 1.165) is 31.8 Å². The van der Waals surface area contributed by atoms with E-state index < -0.39 is 5.60 Å². The van der Waals surface area contributed by atoms with Crippen molar-refractivity contribution in [2.24, 2.45) is 7.05 Å². The summed E-state index contributed by atoms with van der Waals surface area (Å²) in [5.74, 6) is 0.773. The molecule has 1 aromatic carbocycles. The molecule has 0 amide bonds. The van der Waals surface area contributed by atoms with Crippen LogP contribution in [0.4, 0.5) is 0 Å². The maximum atomic E-state index is 10.9. The molecule has 0 bridgehead atoms. The first-order valence-corrected chi connectivity index (χ1v) is 7.14. The van der Waals surface area contributed by atoms with Crippen LogP contribution < -0.4 is 0 Å². The van der Waals surface area contributed by atoms with Gasteiger partial charge in [0.05, 0.1) is 0 Å². The fourth-order valence-corrected chi connectivity index (χ4v) is 3.10. The average molecular weight is 271 g/mol. The Morgan fingerprint density at radius 1 is 1.30 bits per heavy atom. The molecule has 4 nitrogen and oxygen atoms in total. The van der Waals surface area contributed by atoms with Crippen molar-refractivity contribution in [3.8, 4) is 0 Å². The average Bonchev–Trinajstić information content (AvgIpc) is 2.87. The first-order valence-electron chi connectivity index (χ1n) is 7.14. The Labute approximate surface area is 119 Å². The Bertz CT molecular complexity index is 566. The van der Waals surface area contributed by atoms with Crippen LogP contribution in [0, 0.1) is 0 Å². The van der Waals surface area contributed by atoms with Crippen molar-refractivity contribution >= 4 is 0 Å². The summed E-state index contributed by atoms with van der Waals surface area (Å²) in [6, 6.07) is 10.4. The highest BCUT2D eigenvalue weighted by molar-refractivity contribution is 5.15. The van der Waals surface area contributed by atoms with Crippen LogP contribution in [0.3, 0.4) is 0 Å². The molecule has 0 radical (unpaired) electrons. The van der Waals surface area contributed by atoms with Crippen molar-refractivity contribution < 1.29 is 5.11 Å². The minimum Gasteiger partial charge on any atom is -0.381 e. The van der Waals surface area contributed by atoms with Gasteiger partial charge in [-0.25, -0.2) is 4.98 Å². The number of piperidine rings is 1. The van der Waals surface area contributed by atoms with E-state index in [9.17, 15) is 5.11 Å². The van der Waals surface area contributed by atoms with E-state index in [-0.39, 0.29) is 0 Å². The third kappa shape index (κ3) is 2.62. The van der Waals surface area contributed by atoms with Gasteiger partial charge in [0.2, 0.25) is 0 Å². The summed E-state index contributed by atoms with van der Waals surface area (Å²) in [4.78, 5) is 6.65. The summed E-state index contributed by atoms with van der Waals surface area (Å²) in [5, 5.41) is 10.9. The predicted octanol–water partition coefficient (Wildman–Crippen LogP) is 1.90. The van der Waals surface area contributed by atoms with Crippen molar-refractivity contribution in [1.82, 2.24) is 14.5 Å². The zero-order valence-corrected chi connectivity index (χ0v) is 11.9. The summed E-state index contributed by atoms with van der Waals surface area (Å²) < 4.78 is 1.92. The summed E-state index contributed by atoms with van der Waals surface area (Å²) >= 11 is 0. The number of nitrogens with zero attached hydrogens (tertiary/aromatic N) is 3. The second kappa shape index (κ2) is 5.38. The lowest BCUT2D eigenvalue weighted by atomic mass is 9.91. The number of rotatable bonds is 3. The van der Waals surface area contributed by atoms with Gasteiger partial charge in [-0.3, -0.25) is 4.90 Å². The van der Waals surface area contributed by atoms with Gasteiger partial charge in [-0.1, -0.05) is 30.3 Å². The fraction of sp³-hybridized carbons (Fsp3) is 0.438. The molecule has 2 aromatic rings. The summed E-state index contributed by atoms with van der Waals surface area (Å²) in [7, 11) is 1.94. The minimum absolute atomic E-state index is 0.646. The van der Waals surface area contributed by atoms with Gasteiger partial charge in [0.15, 0.2) is 0 Å². The monoisotopic (exact) mass is 271 g/mol. The maximum absolute atomic E-state index is 10.9. The van der Waals surface area contributed by atoms with Crippen LogP contribution in [0.25, 0.3) is 0 Å². The van der Waals surface area contributed by atoms with Crippen molar-refractivity contribution in [2.45, 2.75) is 25.0 Å². The van der Waals surface area contributed by atoms with Gasteiger partial charge in [0.25, 0.3) is 0 Å². The molecule has 2 heterocycles. The number of aliphatic hydroxyl groups is 1. The van der Waals surface area contributed by atoms with E-state index in [1.54, 1.807) is 6.20 Å². The zero-order valence-electron chi connectivity index (χ0n) is 11.9. The SMILES string of the molecule is Cn1ccnc1C1(O)CCCN(Cc2ccccc2)C1. The molecule has 1 aliphatic heterocycles. The Morgan fingerprint density at radius 2 is 2.10 bits per heavy atom. The smallest absolute Gasteiger partial charge is 0.141 e. The van der Waals surface area contributed by atoms with Crippen LogP contribution in [0.2, 0.25) is 0 Å². The lowest BCUT2D eigenvalue weighted by Gasteiger charge is -2.38. The highest BCUT2D eigenvalue weighted by atomic mass is 16.3. The number of benzene rings is 1. The molecule has 1 aliphatic rings. The number of imidazole rings is 1. The van der Waals surface area contributed by atoms with E-state index in [0.29, 0.717) is 6.54 Å². The van der Waals surface area contributed by atoms with E-state index in [1.165, 1.54) is 5.56 Å². The number of β-amino-alcohol motifs (C(OH)–C–C–N with tert-alkyl or cyclic N) is 1. The van der Waals surface area contributed by atoms with Gasteiger partial charge in [0, 0.05) is 32.5 Å². The number of aromatic nitrogens is 2. The number of aryl methyl sites for hydroxylation is 1. The normalized spacial score (nSPS) is 23.9. The van der Waals surface area contributed by atoms with Crippen LogP contribution >= 0.6 is 0 Å². The molecule has 20 heavy (non-hydrogen) atoms. The maximum Gasteiger partial charge on any atom is 0.141 e. The second-order valence-electron chi connectivity index (χ2n) is 5.69. The molecule has 0 saturated carbocycles. The van der Waals surface area contributed by atoms with Crippen LogP contribution in [0.15, 0.2) is 42.7 Å². The van der Waals surface area contributed by atoms with Crippen LogP contribution in [0.5, 0.6) is 0 Å². The number of likely N-dealkylation sites (tertiary alicyclic amines) is 1. The van der Waals surface area contributed by atoms with Gasteiger partial charge < -0.3 is 9.67 Å². The summed E-state index contributed by atoms with van der Waals surface area (Å²) in [6.45, 7) is 2.56. The van der Waals surface area contributed by atoms with Gasteiger partial charge >= 0.3 is 0 Å². The molecular weight excluding hydrogens is 250 g/mol. The topological polar surface area (TPSA) is 41.3 Å². The lowest BCUT2D eigenvalue weighted by molar-refractivity contribution is -0.0466. The predicted molar refractivity (Wildman–Crippen MR) is 78.1 cm³/mol. The second-order valence-corrected chi connectivity index (χ2v) is 5.69. The highest BCUT2D eigenvalue weighted by Crippen LogP contribution is 2.30. The lowest BCUT2D eigenvalue weighted by Crippen LogP contribution is -2.47. The minimum atomic E-state index is -0.828. The molecule has 0 aliphatic carbocycles. The van der Waals surface area contributed by atoms with Gasteiger partial charge in [-0.05, 0) is 24.9 Å². The Kier molecular flexibility index (Phi) is 3.59. The van der Waals surface area contributed by atoms with E-state index >= 15 is 0 Å². The molecule has 1 saturated heterocycles. The van der Waals surface area contributed by atoms with Crippen LogP contribution in [-0.4, -0.2) is 32.6 Å². The Morgan fingerprint density at radius 3 is 2.80 bits per heavy atom. The summed E-state index contributed by atoms with van der Waals surface area (Å²) in [6.07, 6.45) is 5.42. The van der Waals surface area contributed by atoms with Crippen molar-refractivity contribution in [2.75, 3.05) is 13.1 Å². The van der Waals surface area contributed by atoms with Gasteiger partial charge in [0.1, 0.15) is 11.4 Å². The van der Waals surface area contributed by atoms with Crippen LogP contribution in [-0.2, 0) is 19.2 Å². The van der Waals surface area contributed by atoms with Crippen LogP contribution in [0.1, 0.15) is 24.2 Å². The fourth-order valence-electron chi connectivity index (χ4n) is 3.10.